The molecular weight excluding hydrogens is 179 g/mol. The van der Waals surface area contributed by atoms with Crippen molar-refractivity contribution in [3.05, 3.63) is 12.2 Å². The lowest BCUT2D eigenvalue weighted by atomic mass is 10.3. The summed E-state index contributed by atoms with van der Waals surface area (Å²) in [5.41, 5.74) is 0.287. The van der Waals surface area contributed by atoms with Gasteiger partial charge in [0, 0.05) is 5.57 Å². The molecule has 0 saturated heterocycles. The van der Waals surface area contributed by atoms with E-state index in [1.54, 1.807) is 6.92 Å². The largest absolute Gasteiger partial charge is 0.509 e. The second-order valence-corrected chi connectivity index (χ2v) is 3.60. The maximum Gasteiger partial charge on any atom is 0.509 e. The Balaban J connectivity index is 3.84. The van der Waals surface area contributed by atoms with E-state index in [2.05, 4.69) is 6.58 Å². The first-order chi connectivity index (χ1) is 5.43. The summed E-state index contributed by atoms with van der Waals surface area (Å²) in [5, 5.41) is 0. The van der Waals surface area contributed by atoms with Gasteiger partial charge in [-0.3, -0.25) is 0 Å². The maximum atomic E-state index is 10.8. The average molecular weight is 191 g/mol. The molecule has 0 radical (unpaired) electrons. The minimum absolute atomic E-state index is 0.0334. The number of hydrogen-bond donors (Lipinski definition) is 1. The average Bonchev–Trinajstić information content (AvgIpc) is 1.84. The Morgan fingerprint density at radius 3 is 2.58 bits per heavy atom. The van der Waals surface area contributed by atoms with Crippen LogP contribution in [0.4, 0.5) is 0 Å². The van der Waals surface area contributed by atoms with Gasteiger partial charge in [0.25, 0.3) is 0 Å². The lowest BCUT2D eigenvalue weighted by Gasteiger charge is -2.06. The Hall–Kier alpha value is -0.730. The monoisotopic (exact) mass is 191 g/mol. The van der Waals surface area contributed by atoms with Crippen LogP contribution < -0.4 is 0 Å². The molecule has 0 aliphatic heterocycles. The molecule has 4 nitrogen and oxygen atoms in total. The molecule has 0 rings (SSSR count). The van der Waals surface area contributed by atoms with Gasteiger partial charge in [0.1, 0.15) is 6.10 Å². The number of carbonyl (C=O) groups excluding carboxylic acids is 1. The Labute approximate surface area is 72.1 Å². The van der Waals surface area contributed by atoms with Crippen LogP contribution in [0.2, 0.25) is 0 Å². The van der Waals surface area contributed by atoms with E-state index in [4.69, 9.17) is 9.63 Å². The van der Waals surface area contributed by atoms with Crippen molar-refractivity contribution in [2.45, 2.75) is 20.0 Å². The molecule has 0 aliphatic rings. The van der Waals surface area contributed by atoms with Crippen LogP contribution in [-0.2, 0) is 14.1 Å². The zero-order valence-corrected chi connectivity index (χ0v) is 8.01. The first-order valence-electron chi connectivity index (χ1n) is 3.43. The van der Waals surface area contributed by atoms with E-state index in [0.717, 1.165) is 0 Å². The first kappa shape index (κ1) is 11.3. The summed E-state index contributed by atoms with van der Waals surface area (Å²) in [5.74, 6) is -0.528. The van der Waals surface area contributed by atoms with Crippen LogP contribution in [0, 0.1) is 0 Å². The summed E-state index contributed by atoms with van der Waals surface area (Å²) in [4.78, 5) is 19.3. The Morgan fingerprint density at radius 1 is 1.75 bits per heavy atom. The topological polar surface area (TPSA) is 63.6 Å². The predicted molar refractivity (Wildman–Crippen MR) is 45.1 cm³/mol. The molecule has 2 atom stereocenters. The molecule has 0 aromatic heterocycles. The second kappa shape index (κ2) is 5.01. The summed E-state index contributed by atoms with van der Waals surface area (Å²) >= 11 is 0. The van der Waals surface area contributed by atoms with Crippen molar-refractivity contribution in [3.8, 4) is 0 Å². The second-order valence-electron chi connectivity index (χ2n) is 2.53. The number of rotatable bonds is 4. The number of ether oxygens (including phenoxy) is 1. The van der Waals surface area contributed by atoms with Gasteiger partial charge in [0.15, 0.2) is 0 Å². The fraction of sp³-hybridized carbons (Fsp3) is 0.571. The van der Waals surface area contributed by atoms with E-state index in [0.29, 0.717) is 0 Å². The zero-order valence-electron chi connectivity index (χ0n) is 7.11. The fourth-order valence-electron chi connectivity index (χ4n) is 0.541. The highest BCUT2D eigenvalue weighted by molar-refractivity contribution is 7.38. The molecule has 5 heteroatoms. The van der Waals surface area contributed by atoms with Crippen LogP contribution in [0.3, 0.4) is 0 Å². The zero-order chi connectivity index (χ0) is 9.72. The smallest absolute Gasteiger partial charge is 0.455 e. The first-order valence-corrected chi connectivity index (χ1v) is 4.83. The van der Waals surface area contributed by atoms with Gasteiger partial charge in [-0.15, -0.1) is 0 Å². The summed E-state index contributed by atoms with van der Waals surface area (Å²) in [6.45, 7) is 6.46. The van der Waals surface area contributed by atoms with Crippen LogP contribution >= 0.6 is 8.03 Å². The van der Waals surface area contributed by atoms with E-state index >= 15 is 0 Å². The molecule has 0 bridgehead atoms. The standard InChI is InChI=1S/C7H11O4P/c1-5(2)7(8)11-6(3)4-12(9)10/h6H,1,4H2,2-3H3/p+1. The molecule has 0 amide bonds. The minimum Gasteiger partial charge on any atom is -0.455 e. The van der Waals surface area contributed by atoms with Crippen molar-refractivity contribution < 1.29 is 19.0 Å². The number of carbonyl (C=O) groups is 1. The van der Waals surface area contributed by atoms with Gasteiger partial charge in [-0.25, -0.2) is 4.79 Å². The molecule has 0 saturated carbocycles. The van der Waals surface area contributed by atoms with Gasteiger partial charge in [-0.2, -0.15) is 4.89 Å². The van der Waals surface area contributed by atoms with E-state index in [1.165, 1.54) is 6.92 Å². The van der Waals surface area contributed by atoms with Crippen LogP contribution in [0.1, 0.15) is 13.8 Å². The minimum atomic E-state index is -2.25. The van der Waals surface area contributed by atoms with Crippen molar-refractivity contribution in [1.82, 2.24) is 0 Å². The summed E-state index contributed by atoms with van der Waals surface area (Å²) in [6, 6.07) is 0. The van der Waals surface area contributed by atoms with E-state index in [1.807, 2.05) is 0 Å². The predicted octanol–water partition coefficient (Wildman–Crippen LogP) is 1.23. The quantitative estimate of drug-likeness (QED) is 0.412. The molecular formula is C7H12O4P+. The maximum absolute atomic E-state index is 10.8. The van der Waals surface area contributed by atoms with Gasteiger partial charge in [0.05, 0.1) is 0 Å². The lowest BCUT2D eigenvalue weighted by molar-refractivity contribution is -0.142. The lowest BCUT2D eigenvalue weighted by Crippen LogP contribution is -2.17. The van der Waals surface area contributed by atoms with Crippen LogP contribution in [0.25, 0.3) is 0 Å². The van der Waals surface area contributed by atoms with E-state index in [-0.39, 0.29) is 11.7 Å². The Kier molecular flexibility index (Phi) is 4.71. The SMILES string of the molecule is C=C(C)C(=O)OC(C)C[P+](=O)O. The highest BCUT2D eigenvalue weighted by atomic mass is 31.1. The highest BCUT2D eigenvalue weighted by Gasteiger charge is 2.20. The van der Waals surface area contributed by atoms with Gasteiger partial charge in [-0.05, 0) is 18.4 Å². The van der Waals surface area contributed by atoms with E-state index < -0.39 is 20.1 Å². The summed E-state index contributed by atoms with van der Waals surface area (Å²) < 4.78 is 15.0. The molecule has 1 N–H and O–H groups in total. The third kappa shape index (κ3) is 4.99. The Morgan fingerprint density at radius 2 is 2.25 bits per heavy atom. The molecule has 2 unspecified atom stereocenters. The van der Waals surface area contributed by atoms with Crippen molar-refractivity contribution >= 4 is 14.0 Å². The molecule has 0 fully saturated rings. The van der Waals surface area contributed by atoms with E-state index in [9.17, 15) is 9.36 Å². The van der Waals surface area contributed by atoms with Gasteiger partial charge in [0.2, 0.25) is 6.16 Å². The highest BCUT2D eigenvalue weighted by Crippen LogP contribution is 2.16. The summed E-state index contributed by atoms with van der Waals surface area (Å²) in [6.07, 6.45) is -0.572. The van der Waals surface area contributed by atoms with Gasteiger partial charge in [-0.1, -0.05) is 6.58 Å². The van der Waals surface area contributed by atoms with Crippen molar-refractivity contribution in [1.29, 1.82) is 0 Å². The Bertz CT molecular complexity index is 211. The molecule has 68 valence electrons. The summed E-state index contributed by atoms with van der Waals surface area (Å²) in [7, 11) is -2.25. The third-order valence-corrected chi connectivity index (χ3v) is 1.90. The fourth-order valence-corrected chi connectivity index (χ4v) is 1.05. The van der Waals surface area contributed by atoms with Gasteiger partial charge < -0.3 is 4.74 Å². The van der Waals surface area contributed by atoms with Crippen LogP contribution in [-0.4, -0.2) is 23.1 Å². The molecule has 0 aromatic carbocycles. The number of esters is 1. The molecule has 0 spiro atoms. The van der Waals surface area contributed by atoms with Crippen molar-refractivity contribution in [2.75, 3.05) is 6.16 Å². The molecule has 0 heterocycles. The van der Waals surface area contributed by atoms with Crippen LogP contribution in [0.15, 0.2) is 12.2 Å². The van der Waals surface area contributed by atoms with Gasteiger partial charge >= 0.3 is 14.0 Å². The number of hydrogen-bond acceptors (Lipinski definition) is 3. The molecule has 0 aliphatic carbocycles. The third-order valence-electron chi connectivity index (χ3n) is 1.07. The normalized spacial score (nSPS) is 13.4. The van der Waals surface area contributed by atoms with Crippen molar-refractivity contribution in [2.24, 2.45) is 0 Å². The van der Waals surface area contributed by atoms with Crippen molar-refractivity contribution in [3.63, 3.8) is 0 Å². The molecule has 12 heavy (non-hydrogen) atoms. The van der Waals surface area contributed by atoms with Crippen LogP contribution in [0.5, 0.6) is 0 Å². The molecule has 0 aromatic rings.